The Morgan fingerprint density at radius 1 is 0.864 bits per heavy atom. The van der Waals surface area contributed by atoms with Crippen LogP contribution in [0.2, 0.25) is 5.02 Å². The highest BCUT2D eigenvalue weighted by Crippen LogP contribution is 2.25. The predicted molar refractivity (Wildman–Crippen MR) is 90.1 cm³/mol. The molecule has 2 rings (SSSR count). The molecule has 0 saturated carbocycles. The van der Waals surface area contributed by atoms with Crippen molar-refractivity contribution in [2.75, 3.05) is 26.3 Å². The van der Waals surface area contributed by atoms with Gasteiger partial charge in [0.2, 0.25) is 0 Å². The summed E-state index contributed by atoms with van der Waals surface area (Å²) in [5, 5.41) is 19.4. The van der Waals surface area contributed by atoms with E-state index in [-0.39, 0.29) is 19.3 Å². The smallest absolute Gasteiger partial charge is 0.0558 e. The number of hydrogen-bond acceptors (Lipinski definition) is 3. The van der Waals surface area contributed by atoms with Gasteiger partial charge >= 0.3 is 0 Å². The zero-order chi connectivity index (χ0) is 15.8. The van der Waals surface area contributed by atoms with Crippen LogP contribution in [0.15, 0.2) is 54.6 Å². The Bertz CT molecular complexity index is 539. The van der Waals surface area contributed by atoms with Gasteiger partial charge in [-0.1, -0.05) is 54.1 Å². The third-order valence-corrected chi connectivity index (χ3v) is 3.99. The summed E-state index contributed by atoms with van der Waals surface area (Å²) >= 11 is 5.95. The second-order valence-electron chi connectivity index (χ2n) is 5.24. The van der Waals surface area contributed by atoms with E-state index in [9.17, 15) is 10.2 Å². The van der Waals surface area contributed by atoms with Gasteiger partial charge in [0.1, 0.15) is 0 Å². The van der Waals surface area contributed by atoms with Gasteiger partial charge in [-0.05, 0) is 29.7 Å². The maximum absolute atomic E-state index is 9.32. The second kappa shape index (κ2) is 8.91. The molecule has 0 aliphatic rings. The van der Waals surface area contributed by atoms with E-state index in [1.54, 1.807) is 0 Å². The third-order valence-electron chi connectivity index (χ3n) is 3.74. The molecule has 0 aliphatic carbocycles. The zero-order valence-corrected chi connectivity index (χ0v) is 13.3. The lowest BCUT2D eigenvalue weighted by atomic mass is 9.97. The minimum atomic E-state index is 0.0734. The summed E-state index contributed by atoms with van der Waals surface area (Å²) in [4.78, 5) is 2.12. The van der Waals surface area contributed by atoms with Crippen molar-refractivity contribution in [1.82, 2.24) is 4.90 Å². The first-order valence-corrected chi connectivity index (χ1v) is 7.87. The van der Waals surface area contributed by atoms with Crippen molar-refractivity contribution in [3.8, 4) is 0 Å². The quantitative estimate of drug-likeness (QED) is 0.786. The van der Waals surface area contributed by atoms with Gasteiger partial charge in [0.05, 0.1) is 13.2 Å². The van der Waals surface area contributed by atoms with Crippen molar-refractivity contribution in [1.29, 1.82) is 0 Å². The highest BCUT2D eigenvalue weighted by molar-refractivity contribution is 6.30. The molecule has 0 spiro atoms. The van der Waals surface area contributed by atoms with Crippen LogP contribution in [0.5, 0.6) is 0 Å². The fourth-order valence-corrected chi connectivity index (χ4v) is 2.78. The van der Waals surface area contributed by atoms with Crippen LogP contribution in [0, 0.1) is 0 Å². The zero-order valence-electron chi connectivity index (χ0n) is 12.5. The van der Waals surface area contributed by atoms with Crippen molar-refractivity contribution in [2.24, 2.45) is 0 Å². The molecule has 0 aromatic heterocycles. The lowest BCUT2D eigenvalue weighted by Gasteiger charge is -2.31. The molecular formula is C18H22ClNO2. The minimum Gasteiger partial charge on any atom is -0.395 e. The van der Waals surface area contributed by atoms with Gasteiger partial charge in [0.15, 0.2) is 0 Å². The Morgan fingerprint density at radius 3 is 2.00 bits per heavy atom. The van der Waals surface area contributed by atoms with Crippen LogP contribution >= 0.6 is 11.6 Å². The average molecular weight is 320 g/mol. The number of nitrogens with zero attached hydrogens (tertiary/aromatic N) is 1. The van der Waals surface area contributed by atoms with Crippen molar-refractivity contribution < 1.29 is 10.2 Å². The predicted octanol–water partition coefficient (Wildman–Crippen LogP) is 2.91. The van der Waals surface area contributed by atoms with E-state index in [0.717, 1.165) is 11.4 Å². The molecule has 22 heavy (non-hydrogen) atoms. The standard InChI is InChI=1S/C18H22ClNO2/c19-17-8-6-15(7-9-17)14-18(16-4-2-1-3-5-16)20(10-12-21)11-13-22/h1-9,18,21-22H,10-14H2/t18-/m0/s1. The molecular weight excluding hydrogens is 298 g/mol. The molecule has 0 unspecified atom stereocenters. The van der Waals surface area contributed by atoms with Gasteiger partial charge in [0, 0.05) is 24.2 Å². The van der Waals surface area contributed by atoms with Crippen LogP contribution in [0.4, 0.5) is 0 Å². The molecule has 1 atom stereocenters. The van der Waals surface area contributed by atoms with Gasteiger partial charge in [-0.3, -0.25) is 4.90 Å². The van der Waals surface area contributed by atoms with E-state index in [4.69, 9.17) is 11.6 Å². The Morgan fingerprint density at radius 2 is 1.45 bits per heavy atom. The van der Waals surface area contributed by atoms with Crippen molar-refractivity contribution >= 4 is 11.6 Å². The van der Waals surface area contributed by atoms with Crippen molar-refractivity contribution in [2.45, 2.75) is 12.5 Å². The fourth-order valence-electron chi connectivity index (χ4n) is 2.66. The first-order valence-electron chi connectivity index (χ1n) is 7.49. The normalized spacial score (nSPS) is 12.5. The number of hydrogen-bond donors (Lipinski definition) is 2. The Hall–Kier alpha value is -1.39. The summed E-state index contributed by atoms with van der Waals surface area (Å²) in [5.41, 5.74) is 2.36. The second-order valence-corrected chi connectivity index (χ2v) is 5.68. The lowest BCUT2D eigenvalue weighted by molar-refractivity contribution is 0.121. The molecule has 2 N–H and O–H groups in total. The van der Waals surface area contributed by atoms with Gasteiger partial charge in [-0.25, -0.2) is 0 Å². The van der Waals surface area contributed by atoms with Crippen molar-refractivity contribution in [3.63, 3.8) is 0 Å². The summed E-state index contributed by atoms with van der Waals surface area (Å²) in [7, 11) is 0. The molecule has 2 aromatic rings. The van der Waals surface area contributed by atoms with Gasteiger partial charge < -0.3 is 10.2 Å². The molecule has 0 aliphatic heterocycles. The average Bonchev–Trinajstić information content (AvgIpc) is 2.55. The van der Waals surface area contributed by atoms with E-state index < -0.39 is 0 Å². The summed E-state index contributed by atoms with van der Waals surface area (Å²) in [6, 6.07) is 18.1. The molecule has 3 nitrogen and oxygen atoms in total. The first kappa shape index (κ1) is 17.0. The third kappa shape index (κ3) is 4.82. The summed E-state index contributed by atoms with van der Waals surface area (Å²) < 4.78 is 0. The molecule has 118 valence electrons. The van der Waals surface area contributed by atoms with Gasteiger partial charge in [-0.15, -0.1) is 0 Å². The molecule has 0 bridgehead atoms. The van der Waals surface area contributed by atoms with Gasteiger partial charge in [0.25, 0.3) is 0 Å². The van der Waals surface area contributed by atoms with E-state index in [0.29, 0.717) is 13.1 Å². The Kier molecular flexibility index (Phi) is 6.87. The first-order chi connectivity index (χ1) is 10.7. The monoisotopic (exact) mass is 319 g/mol. The number of aliphatic hydroxyl groups excluding tert-OH is 2. The number of aliphatic hydroxyl groups is 2. The van der Waals surface area contributed by atoms with Crippen LogP contribution < -0.4 is 0 Å². The summed E-state index contributed by atoms with van der Waals surface area (Å²) in [6.07, 6.45) is 0.807. The van der Waals surface area contributed by atoms with Crippen LogP contribution in [0.25, 0.3) is 0 Å². The minimum absolute atomic E-state index is 0.0734. The molecule has 0 saturated heterocycles. The fraction of sp³-hybridized carbons (Fsp3) is 0.333. The Balaban J connectivity index is 2.25. The molecule has 0 amide bonds. The maximum Gasteiger partial charge on any atom is 0.0558 e. The van der Waals surface area contributed by atoms with Gasteiger partial charge in [-0.2, -0.15) is 0 Å². The van der Waals surface area contributed by atoms with Crippen molar-refractivity contribution in [3.05, 3.63) is 70.7 Å². The largest absolute Gasteiger partial charge is 0.395 e. The van der Waals surface area contributed by atoms with Crippen LogP contribution in [-0.4, -0.2) is 41.4 Å². The number of benzene rings is 2. The molecule has 0 radical (unpaired) electrons. The maximum atomic E-state index is 9.32. The van der Waals surface area contributed by atoms with Crippen LogP contribution in [-0.2, 0) is 6.42 Å². The highest BCUT2D eigenvalue weighted by Gasteiger charge is 2.20. The van der Waals surface area contributed by atoms with E-state index in [2.05, 4.69) is 17.0 Å². The lowest BCUT2D eigenvalue weighted by Crippen LogP contribution is -2.35. The van der Waals surface area contributed by atoms with E-state index in [1.807, 2.05) is 42.5 Å². The SMILES string of the molecule is OCCN(CCO)[C@@H](Cc1ccc(Cl)cc1)c1ccccc1. The molecule has 0 heterocycles. The number of halogens is 1. The number of rotatable bonds is 8. The highest BCUT2D eigenvalue weighted by atomic mass is 35.5. The molecule has 4 heteroatoms. The summed E-state index contributed by atoms with van der Waals surface area (Å²) in [6.45, 7) is 1.22. The van der Waals surface area contributed by atoms with E-state index >= 15 is 0 Å². The van der Waals surface area contributed by atoms with E-state index in [1.165, 1.54) is 11.1 Å². The van der Waals surface area contributed by atoms with Crippen LogP contribution in [0.1, 0.15) is 17.2 Å². The van der Waals surface area contributed by atoms with Crippen LogP contribution in [0.3, 0.4) is 0 Å². The topological polar surface area (TPSA) is 43.7 Å². The summed E-state index contributed by atoms with van der Waals surface area (Å²) in [5.74, 6) is 0. The Labute approximate surface area is 136 Å². The molecule has 2 aromatic carbocycles. The molecule has 0 fully saturated rings.